The summed E-state index contributed by atoms with van der Waals surface area (Å²) >= 11 is 0. The summed E-state index contributed by atoms with van der Waals surface area (Å²) in [6.07, 6.45) is 12.9. The molecule has 4 N–H and O–H groups in total. The van der Waals surface area contributed by atoms with E-state index >= 15 is 0 Å². The molecular weight excluding hydrogens is 507 g/mol. The number of aliphatic hydroxyl groups excluding tert-OH is 2. The summed E-state index contributed by atoms with van der Waals surface area (Å²) in [5.74, 6) is -0.616. The number of fused-ring (bicyclic) bond motifs is 1. The Labute approximate surface area is 223 Å². The van der Waals surface area contributed by atoms with Gasteiger partial charge in [0.15, 0.2) is 24.1 Å². The molecule has 0 radical (unpaired) electrons. The zero-order valence-corrected chi connectivity index (χ0v) is 20.9. The third-order valence-electron chi connectivity index (χ3n) is 6.61. The van der Waals surface area contributed by atoms with Crippen LogP contribution in [0.3, 0.4) is 0 Å². The van der Waals surface area contributed by atoms with Crippen molar-refractivity contribution in [2.75, 3.05) is 13.2 Å². The summed E-state index contributed by atoms with van der Waals surface area (Å²) in [5.41, 5.74) is -2.25. The number of carbonyl (C=O) groups is 1. The van der Waals surface area contributed by atoms with Crippen LogP contribution in [0.15, 0.2) is 89.4 Å². The number of carbonyl (C=O) groups excluding carboxylic acids is 1. The van der Waals surface area contributed by atoms with Crippen LogP contribution in [0.5, 0.6) is 0 Å². The summed E-state index contributed by atoms with van der Waals surface area (Å²) in [4.78, 5) is 18.4. The highest BCUT2D eigenvalue weighted by Gasteiger charge is 2.61. The van der Waals surface area contributed by atoms with Crippen molar-refractivity contribution in [1.29, 1.82) is 0 Å². The summed E-state index contributed by atoms with van der Waals surface area (Å²) in [6, 6.07) is 6.37. The highest BCUT2D eigenvalue weighted by atomic mass is 19.1. The zero-order valence-electron chi connectivity index (χ0n) is 20.9. The highest BCUT2D eigenvalue weighted by molar-refractivity contribution is 6.01. The summed E-state index contributed by atoms with van der Waals surface area (Å²) in [7, 11) is 0. The van der Waals surface area contributed by atoms with Gasteiger partial charge < -0.3 is 30.8 Å². The Hall–Kier alpha value is -4.39. The maximum Gasteiger partial charge on any atom is 0.259 e. The van der Waals surface area contributed by atoms with E-state index in [2.05, 4.69) is 15.7 Å². The van der Waals surface area contributed by atoms with Crippen molar-refractivity contribution >= 4 is 18.0 Å². The molecule has 4 unspecified atom stereocenters. The summed E-state index contributed by atoms with van der Waals surface area (Å²) < 4.78 is 21.2. The molecule has 2 aromatic rings. The van der Waals surface area contributed by atoms with Gasteiger partial charge in [-0.1, -0.05) is 12.1 Å². The van der Waals surface area contributed by atoms with Gasteiger partial charge >= 0.3 is 0 Å². The Morgan fingerprint density at radius 3 is 2.92 bits per heavy atom. The van der Waals surface area contributed by atoms with Gasteiger partial charge in [0.1, 0.15) is 23.3 Å². The first-order valence-corrected chi connectivity index (χ1v) is 12.2. The molecule has 5 rings (SSSR count). The highest BCUT2D eigenvalue weighted by Crippen LogP contribution is 2.45. The first kappa shape index (κ1) is 26.2. The number of aryl methyl sites for hydroxylation is 1. The number of aliphatic imine (C=N–C) groups is 1. The number of ether oxygens (including phenoxy) is 1. The number of amides is 1. The van der Waals surface area contributed by atoms with Gasteiger partial charge in [-0.2, -0.15) is 9.83 Å². The molecule has 0 spiro atoms. The Bertz CT molecular complexity index is 1430. The van der Waals surface area contributed by atoms with Crippen LogP contribution in [0.25, 0.3) is 0 Å². The number of aliphatic hydroxyl groups is 2. The van der Waals surface area contributed by atoms with Gasteiger partial charge in [0, 0.05) is 17.8 Å². The monoisotopic (exact) mass is 534 g/mol. The molecule has 3 aliphatic heterocycles. The maximum absolute atomic E-state index is 14.4. The number of nitrogens with zero attached hydrogens (tertiary/aromatic N) is 4. The molecule has 0 saturated heterocycles. The normalized spacial score (nSPS) is 25.7. The van der Waals surface area contributed by atoms with E-state index in [0.29, 0.717) is 21.7 Å². The largest absolute Gasteiger partial charge is 0.619 e. The van der Waals surface area contributed by atoms with Crippen LogP contribution in [0, 0.1) is 17.9 Å². The number of pyridine rings is 1. The number of hydrazone groups is 1. The molecule has 12 heteroatoms. The van der Waals surface area contributed by atoms with Crippen LogP contribution in [-0.2, 0) is 10.5 Å². The fourth-order valence-electron chi connectivity index (χ4n) is 4.78. The van der Waals surface area contributed by atoms with E-state index in [9.17, 15) is 24.6 Å². The molecule has 1 aromatic heterocycles. The van der Waals surface area contributed by atoms with E-state index in [4.69, 9.17) is 9.73 Å². The Morgan fingerprint density at radius 1 is 1.36 bits per heavy atom. The lowest BCUT2D eigenvalue weighted by molar-refractivity contribution is -0.605. The lowest BCUT2D eigenvalue weighted by Crippen LogP contribution is -2.71. The number of aromatic nitrogens is 1. The predicted octanol–water partition coefficient (Wildman–Crippen LogP) is 0.728. The number of nitrogens with one attached hydrogen (secondary N) is 2. The lowest BCUT2D eigenvalue weighted by atomic mass is 9.83. The van der Waals surface area contributed by atoms with Gasteiger partial charge in [-0.3, -0.25) is 4.79 Å². The molecule has 4 atom stereocenters. The topological polar surface area (TPSA) is 146 Å². The first-order valence-electron chi connectivity index (χ1n) is 12.2. The van der Waals surface area contributed by atoms with Gasteiger partial charge in [0.05, 0.1) is 13.2 Å². The number of rotatable bonds is 8. The SMILES string of the molecule is Cc1cc(C2(OCC(O)CO)N=C3C=CC=NN3C2C2(NC(=O)c3ccc[n+]([O-])c3)C=CC=CN2)ccc1F. The second kappa shape index (κ2) is 10.4. The maximum atomic E-state index is 14.4. The number of allylic oxidation sites excluding steroid dienone is 3. The molecule has 1 aromatic carbocycles. The average Bonchev–Trinajstić information content (AvgIpc) is 3.29. The van der Waals surface area contributed by atoms with Crippen molar-refractivity contribution in [2.45, 2.75) is 30.5 Å². The van der Waals surface area contributed by atoms with Gasteiger partial charge in [0.2, 0.25) is 5.72 Å². The molecule has 0 aliphatic carbocycles. The minimum absolute atomic E-state index is 0.109. The number of hydrogen-bond acceptors (Lipinski definition) is 9. The second-order valence-corrected chi connectivity index (χ2v) is 9.29. The lowest BCUT2D eigenvalue weighted by Gasteiger charge is -2.47. The van der Waals surface area contributed by atoms with E-state index in [1.807, 2.05) is 0 Å². The fraction of sp³-hybridized carbons (Fsp3) is 0.259. The fourth-order valence-corrected chi connectivity index (χ4v) is 4.78. The Kier molecular flexibility index (Phi) is 7.00. The molecule has 202 valence electrons. The standard InChI is InChI=1S/C27H27FN6O5/c1-18-14-20(8-9-22(18)28)27(39-17-21(36)16-35)25(34-23(31-27)7-4-12-30-34)26(10-2-3-11-29-26)32-24(37)19-6-5-13-33(38)15-19/h2-15,21,25,29,35-36H,16-17H2,1H3,(H,32,37). The van der Waals surface area contributed by atoms with E-state index in [0.717, 1.165) is 6.20 Å². The molecule has 0 fully saturated rings. The van der Waals surface area contributed by atoms with Crippen molar-refractivity contribution in [3.63, 3.8) is 0 Å². The van der Waals surface area contributed by atoms with E-state index < -0.39 is 41.9 Å². The quantitative estimate of drug-likeness (QED) is 0.289. The average molecular weight is 535 g/mol. The minimum Gasteiger partial charge on any atom is -0.619 e. The van der Waals surface area contributed by atoms with Gasteiger partial charge in [-0.05, 0) is 61.2 Å². The summed E-state index contributed by atoms with van der Waals surface area (Å²) in [5, 5.41) is 43.9. The van der Waals surface area contributed by atoms with Crippen molar-refractivity contribution < 1.29 is 28.9 Å². The van der Waals surface area contributed by atoms with Crippen molar-refractivity contribution in [1.82, 2.24) is 15.6 Å². The van der Waals surface area contributed by atoms with Gasteiger partial charge in [-0.15, -0.1) is 0 Å². The molecular formula is C27H27FN6O5. The van der Waals surface area contributed by atoms with E-state index in [1.165, 1.54) is 30.5 Å². The van der Waals surface area contributed by atoms with Crippen LogP contribution < -0.4 is 15.4 Å². The smallest absolute Gasteiger partial charge is 0.259 e. The van der Waals surface area contributed by atoms with Crippen LogP contribution in [0.2, 0.25) is 0 Å². The number of dihydropyridines is 1. The Balaban J connectivity index is 1.69. The third kappa shape index (κ3) is 4.80. The van der Waals surface area contributed by atoms with Crippen molar-refractivity contribution in [2.24, 2.45) is 10.1 Å². The summed E-state index contributed by atoms with van der Waals surface area (Å²) in [6.45, 7) is 0.706. The molecule has 11 nitrogen and oxygen atoms in total. The molecule has 1 amide bonds. The van der Waals surface area contributed by atoms with Crippen molar-refractivity contribution in [3.8, 4) is 0 Å². The third-order valence-corrected chi connectivity index (χ3v) is 6.61. The molecule has 0 bridgehead atoms. The Morgan fingerprint density at radius 2 is 2.21 bits per heavy atom. The van der Waals surface area contributed by atoms with E-state index in [-0.39, 0.29) is 12.2 Å². The van der Waals surface area contributed by atoms with Crippen LogP contribution >= 0.6 is 0 Å². The second-order valence-electron chi connectivity index (χ2n) is 9.29. The predicted molar refractivity (Wildman–Crippen MR) is 140 cm³/mol. The van der Waals surface area contributed by atoms with Gasteiger partial charge in [-0.25, -0.2) is 14.4 Å². The first-order chi connectivity index (χ1) is 18.8. The molecule has 0 saturated carbocycles. The van der Waals surface area contributed by atoms with E-state index in [1.54, 1.807) is 60.8 Å². The molecule has 39 heavy (non-hydrogen) atoms. The number of amidine groups is 1. The number of halogens is 1. The minimum atomic E-state index is -1.67. The molecule has 4 heterocycles. The zero-order chi connectivity index (χ0) is 27.6. The number of hydrogen-bond donors (Lipinski definition) is 4. The van der Waals surface area contributed by atoms with Crippen molar-refractivity contribution in [3.05, 3.63) is 107 Å². The van der Waals surface area contributed by atoms with Crippen LogP contribution in [0.4, 0.5) is 4.39 Å². The van der Waals surface area contributed by atoms with Crippen LogP contribution in [0.1, 0.15) is 21.5 Å². The molecule has 3 aliphatic rings. The van der Waals surface area contributed by atoms with Gasteiger partial charge in [0.25, 0.3) is 5.91 Å². The van der Waals surface area contributed by atoms with Crippen LogP contribution in [-0.4, -0.2) is 64.2 Å². The number of benzene rings is 1.